The Morgan fingerprint density at radius 2 is 1.33 bits per heavy atom. The molecule has 0 aromatic rings. The standard InChI is InChI=1S/C33H62NO7P/c1-3-5-7-9-11-12-13-14-15-16-17-18-19-20-21-22-24-26-33(35)41-32(31-40-42(36,37)39-29-27-34)30-38-28-25-23-10-8-6-4-2/h5,7,11-12,14-15,32H,3-4,6,8-10,13,16-31,34H2,1-2H3,(H,36,37)/b7-5-,12-11-,15-14-. The van der Waals surface area contributed by atoms with Crippen LogP contribution in [0.4, 0.5) is 0 Å². The Morgan fingerprint density at radius 1 is 0.738 bits per heavy atom. The minimum Gasteiger partial charge on any atom is -0.457 e. The lowest BCUT2D eigenvalue weighted by Gasteiger charge is -2.20. The molecule has 246 valence electrons. The van der Waals surface area contributed by atoms with E-state index in [1.54, 1.807) is 0 Å². The molecule has 0 spiro atoms. The van der Waals surface area contributed by atoms with Crippen LogP contribution in [0.25, 0.3) is 0 Å². The van der Waals surface area contributed by atoms with Gasteiger partial charge >= 0.3 is 13.8 Å². The van der Waals surface area contributed by atoms with Crippen molar-refractivity contribution in [3.8, 4) is 0 Å². The summed E-state index contributed by atoms with van der Waals surface area (Å²) in [5.74, 6) is -0.346. The molecule has 42 heavy (non-hydrogen) atoms. The second-order valence-corrected chi connectivity index (χ2v) is 12.1. The lowest BCUT2D eigenvalue weighted by atomic mass is 10.1. The summed E-state index contributed by atoms with van der Waals surface area (Å²) < 4.78 is 33.0. The van der Waals surface area contributed by atoms with Gasteiger partial charge in [-0.3, -0.25) is 13.8 Å². The first-order valence-corrected chi connectivity index (χ1v) is 18.0. The van der Waals surface area contributed by atoms with Gasteiger partial charge in [-0.25, -0.2) is 4.57 Å². The molecule has 0 heterocycles. The highest BCUT2D eigenvalue weighted by Gasteiger charge is 2.25. The summed E-state index contributed by atoms with van der Waals surface area (Å²) >= 11 is 0. The molecule has 2 unspecified atom stereocenters. The molecule has 8 nitrogen and oxygen atoms in total. The van der Waals surface area contributed by atoms with E-state index in [1.807, 2.05) is 0 Å². The van der Waals surface area contributed by atoms with E-state index in [-0.39, 0.29) is 32.3 Å². The molecule has 9 heteroatoms. The second kappa shape index (κ2) is 31.2. The molecule has 0 saturated carbocycles. The van der Waals surface area contributed by atoms with Gasteiger partial charge in [0.05, 0.1) is 19.8 Å². The molecular weight excluding hydrogens is 553 g/mol. The third kappa shape index (κ3) is 30.2. The summed E-state index contributed by atoms with van der Waals surface area (Å²) in [6.07, 6.45) is 31.7. The maximum Gasteiger partial charge on any atom is 0.472 e. The lowest BCUT2D eigenvalue weighted by Crippen LogP contribution is -2.28. The van der Waals surface area contributed by atoms with Crippen molar-refractivity contribution in [3.63, 3.8) is 0 Å². The van der Waals surface area contributed by atoms with Gasteiger partial charge in [0.2, 0.25) is 0 Å². The van der Waals surface area contributed by atoms with Crippen molar-refractivity contribution in [1.29, 1.82) is 0 Å². The van der Waals surface area contributed by atoms with Gasteiger partial charge in [-0.15, -0.1) is 0 Å². The molecule has 3 N–H and O–H groups in total. The van der Waals surface area contributed by atoms with Crippen molar-refractivity contribution in [2.45, 2.75) is 136 Å². The Bertz CT molecular complexity index is 742. The van der Waals surface area contributed by atoms with Crippen LogP contribution in [0.15, 0.2) is 36.5 Å². The lowest BCUT2D eigenvalue weighted by molar-refractivity contribution is -0.154. The van der Waals surface area contributed by atoms with Crippen molar-refractivity contribution in [3.05, 3.63) is 36.5 Å². The largest absolute Gasteiger partial charge is 0.472 e. The average molecular weight is 616 g/mol. The topological polar surface area (TPSA) is 117 Å². The van der Waals surface area contributed by atoms with E-state index >= 15 is 0 Å². The molecule has 0 aromatic heterocycles. The van der Waals surface area contributed by atoms with Gasteiger partial charge in [0.15, 0.2) is 0 Å². The zero-order valence-corrected chi connectivity index (χ0v) is 27.6. The molecule has 0 aliphatic heterocycles. The van der Waals surface area contributed by atoms with E-state index in [0.29, 0.717) is 13.0 Å². The number of carbonyl (C=O) groups is 1. The van der Waals surface area contributed by atoms with Crippen LogP contribution < -0.4 is 5.73 Å². The number of esters is 1. The highest BCUT2D eigenvalue weighted by Crippen LogP contribution is 2.43. The van der Waals surface area contributed by atoms with Crippen molar-refractivity contribution >= 4 is 13.8 Å². The first kappa shape index (κ1) is 40.7. The molecule has 0 rings (SSSR count). The zero-order valence-electron chi connectivity index (χ0n) is 26.7. The fraction of sp³-hybridized carbons (Fsp3) is 0.788. The van der Waals surface area contributed by atoms with Gasteiger partial charge in [-0.05, 0) is 44.9 Å². The van der Waals surface area contributed by atoms with E-state index in [9.17, 15) is 14.3 Å². The molecule has 0 aliphatic carbocycles. The minimum absolute atomic E-state index is 0.0980. The predicted molar refractivity (Wildman–Crippen MR) is 173 cm³/mol. The number of phosphoric acid groups is 1. The molecule has 2 atom stereocenters. The number of ether oxygens (including phenoxy) is 2. The Kier molecular flexibility index (Phi) is 30.2. The van der Waals surface area contributed by atoms with Crippen LogP contribution in [0.1, 0.15) is 129 Å². The minimum atomic E-state index is -4.26. The highest BCUT2D eigenvalue weighted by molar-refractivity contribution is 7.47. The fourth-order valence-electron chi connectivity index (χ4n) is 4.18. The molecule has 0 aliphatic rings. The Labute approximate surface area is 257 Å². The SMILES string of the molecule is CC/C=C\C/C=C\C/C=C\CCCCCCCCCC(=O)OC(COCCCCCCCC)COP(=O)(O)OCCN. The molecule has 0 aromatic carbocycles. The van der Waals surface area contributed by atoms with Crippen LogP contribution in [0.5, 0.6) is 0 Å². The van der Waals surface area contributed by atoms with Gasteiger partial charge in [-0.2, -0.15) is 0 Å². The number of allylic oxidation sites excluding steroid dienone is 6. The van der Waals surface area contributed by atoms with E-state index in [0.717, 1.165) is 57.8 Å². The third-order valence-corrected chi connectivity index (χ3v) is 7.56. The Hall–Kier alpha value is -1.28. The maximum atomic E-state index is 12.4. The van der Waals surface area contributed by atoms with Crippen molar-refractivity contribution in [2.75, 3.05) is 33.0 Å². The number of carbonyl (C=O) groups excluding carboxylic acids is 1. The average Bonchev–Trinajstić information content (AvgIpc) is 2.97. The molecule has 0 radical (unpaired) electrons. The number of rotatable bonds is 31. The Balaban J connectivity index is 4.07. The van der Waals surface area contributed by atoms with E-state index < -0.39 is 13.9 Å². The summed E-state index contributed by atoms with van der Waals surface area (Å²) in [4.78, 5) is 22.2. The van der Waals surface area contributed by atoms with E-state index in [1.165, 1.54) is 51.4 Å². The number of hydrogen-bond donors (Lipinski definition) is 2. The van der Waals surface area contributed by atoms with E-state index in [4.69, 9.17) is 24.3 Å². The normalized spacial score (nSPS) is 14.3. The van der Waals surface area contributed by atoms with E-state index in [2.05, 4.69) is 50.3 Å². The first-order valence-electron chi connectivity index (χ1n) is 16.5. The van der Waals surface area contributed by atoms with Crippen molar-refractivity contribution in [1.82, 2.24) is 0 Å². The maximum absolute atomic E-state index is 12.4. The van der Waals surface area contributed by atoms with Crippen molar-refractivity contribution < 1.29 is 32.8 Å². The van der Waals surface area contributed by atoms with Crippen molar-refractivity contribution in [2.24, 2.45) is 5.73 Å². The summed E-state index contributed by atoms with van der Waals surface area (Å²) in [6.45, 7) is 4.72. The van der Waals surface area contributed by atoms with Gasteiger partial charge in [-0.1, -0.05) is 115 Å². The van der Waals surface area contributed by atoms with Gasteiger partial charge < -0.3 is 20.1 Å². The molecular formula is C33H62NO7P. The van der Waals surface area contributed by atoms with Gasteiger partial charge in [0.25, 0.3) is 0 Å². The molecule has 0 bridgehead atoms. The number of unbranched alkanes of at least 4 members (excludes halogenated alkanes) is 12. The third-order valence-electron chi connectivity index (χ3n) is 6.57. The summed E-state index contributed by atoms with van der Waals surface area (Å²) in [5.41, 5.74) is 5.32. The van der Waals surface area contributed by atoms with Crippen LogP contribution in [0, 0.1) is 0 Å². The molecule has 0 fully saturated rings. The monoisotopic (exact) mass is 615 g/mol. The quantitative estimate of drug-likeness (QED) is 0.0344. The molecule has 0 saturated heterocycles. The van der Waals surface area contributed by atoms with Crippen LogP contribution in [-0.2, 0) is 27.9 Å². The zero-order chi connectivity index (χ0) is 31.0. The van der Waals surface area contributed by atoms with Gasteiger partial charge in [0, 0.05) is 19.6 Å². The first-order chi connectivity index (χ1) is 20.4. The van der Waals surface area contributed by atoms with Crippen LogP contribution >= 0.6 is 7.82 Å². The smallest absolute Gasteiger partial charge is 0.457 e. The molecule has 0 amide bonds. The Morgan fingerprint density at radius 3 is 2.00 bits per heavy atom. The highest BCUT2D eigenvalue weighted by atomic mass is 31.2. The van der Waals surface area contributed by atoms with Gasteiger partial charge in [0.1, 0.15) is 6.10 Å². The predicted octanol–water partition coefficient (Wildman–Crippen LogP) is 8.74. The summed E-state index contributed by atoms with van der Waals surface area (Å²) in [7, 11) is -4.26. The van der Waals surface area contributed by atoms with Crippen LogP contribution in [0.3, 0.4) is 0 Å². The van der Waals surface area contributed by atoms with Crippen LogP contribution in [-0.4, -0.2) is 49.9 Å². The number of nitrogens with two attached hydrogens (primary N) is 1. The number of hydrogen-bond acceptors (Lipinski definition) is 7. The second-order valence-electron chi connectivity index (χ2n) is 10.6. The number of phosphoric ester groups is 1. The summed E-state index contributed by atoms with van der Waals surface area (Å²) in [5, 5.41) is 0. The summed E-state index contributed by atoms with van der Waals surface area (Å²) in [6, 6.07) is 0. The van der Waals surface area contributed by atoms with Crippen LogP contribution in [0.2, 0.25) is 0 Å². The fourth-order valence-corrected chi connectivity index (χ4v) is 4.95.